The van der Waals surface area contributed by atoms with Crippen LogP contribution in [-0.4, -0.2) is 36.5 Å². The number of halogens is 2. The molecular weight excluding hydrogens is 405 g/mol. The number of carbonyl (C=O) groups excluding carboxylic acids is 2. The second-order valence-electron chi connectivity index (χ2n) is 5.06. The molecule has 2 rings (SSSR count). The molecule has 0 radical (unpaired) electrons. The van der Waals surface area contributed by atoms with Crippen LogP contribution in [0.25, 0.3) is 0 Å². The largest absolute Gasteiger partial charge is 0.469 e. The van der Waals surface area contributed by atoms with Crippen LogP contribution in [0, 0.1) is 3.57 Å². The van der Waals surface area contributed by atoms with Gasteiger partial charge in [0, 0.05) is 21.7 Å². The number of likely N-dealkylation sites (tertiary alicyclic amines) is 1. The van der Waals surface area contributed by atoms with Crippen molar-refractivity contribution in [2.24, 2.45) is 0 Å². The van der Waals surface area contributed by atoms with E-state index in [0.29, 0.717) is 17.1 Å². The Morgan fingerprint density at radius 3 is 2.86 bits per heavy atom. The fourth-order valence-corrected chi connectivity index (χ4v) is 3.07. The van der Waals surface area contributed by atoms with Crippen molar-refractivity contribution in [2.45, 2.75) is 31.7 Å². The highest BCUT2D eigenvalue weighted by Crippen LogP contribution is 2.25. The van der Waals surface area contributed by atoms with E-state index in [1.165, 1.54) is 7.11 Å². The Morgan fingerprint density at radius 2 is 2.19 bits per heavy atom. The van der Waals surface area contributed by atoms with E-state index in [1.807, 2.05) is 6.07 Å². The highest BCUT2D eigenvalue weighted by Gasteiger charge is 2.29. The van der Waals surface area contributed by atoms with Gasteiger partial charge in [0.05, 0.1) is 18.6 Å². The molecule has 0 spiro atoms. The number of hydrogen-bond acceptors (Lipinski definition) is 3. The predicted molar refractivity (Wildman–Crippen MR) is 89.5 cm³/mol. The number of methoxy groups -OCH3 is 1. The Labute approximate surface area is 142 Å². The SMILES string of the molecule is COC(=O)CC1CCCCN1C(=O)c1ccc(I)c(Cl)c1. The fraction of sp³-hybridized carbons (Fsp3) is 0.467. The lowest BCUT2D eigenvalue weighted by atomic mass is 9.98. The zero-order chi connectivity index (χ0) is 15.4. The number of rotatable bonds is 3. The zero-order valence-corrected chi connectivity index (χ0v) is 14.7. The highest BCUT2D eigenvalue weighted by atomic mass is 127. The summed E-state index contributed by atoms with van der Waals surface area (Å²) in [6.45, 7) is 0.671. The van der Waals surface area contributed by atoms with Gasteiger partial charge in [-0.2, -0.15) is 0 Å². The molecule has 1 aromatic carbocycles. The van der Waals surface area contributed by atoms with Crippen molar-refractivity contribution in [3.05, 3.63) is 32.4 Å². The van der Waals surface area contributed by atoms with E-state index >= 15 is 0 Å². The Hall–Kier alpha value is -0.820. The first-order valence-electron chi connectivity index (χ1n) is 6.85. The first-order valence-corrected chi connectivity index (χ1v) is 8.31. The number of hydrogen-bond donors (Lipinski definition) is 0. The van der Waals surface area contributed by atoms with Gasteiger partial charge >= 0.3 is 5.97 Å². The van der Waals surface area contributed by atoms with Crippen molar-refractivity contribution in [3.63, 3.8) is 0 Å². The van der Waals surface area contributed by atoms with Crippen LogP contribution in [0.2, 0.25) is 5.02 Å². The number of ether oxygens (including phenoxy) is 1. The Balaban J connectivity index is 2.17. The van der Waals surface area contributed by atoms with Gasteiger partial charge in [-0.05, 0) is 60.1 Å². The lowest BCUT2D eigenvalue weighted by Gasteiger charge is -2.35. The number of carbonyl (C=O) groups is 2. The summed E-state index contributed by atoms with van der Waals surface area (Å²) < 4.78 is 5.64. The topological polar surface area (TPSA) is 46.6 Å². The van der Waals surface area contributed by atoms with Gasteiger partial charge in [-0.3, -0.25) is 9.59 Å². The van der Waals surface area contributed by atoms with Gasteiger partial charge in [-0.25, -0.2) is 0 Å². The molecule has 0 aromatic heterocycles. The molecule has 1 amide bonds. The van der Waals surface area contributed by atoms with Crippen molar-refractivity contribution in [1.29, 1.82) is 0 Å². The third-order valence-corrected chi connectivity index (χ3v) is 5.26. The van der Waals surface area contributed by atoms with Crippen LogP contribution < -0.4 is 0 Å². The third-order valence-electron chi connectivity index (χ3n) is 3.68. The monoisotopic (exact) mass is 421 g/mol. The van der Waals surface area contributed by atoms with Gasteiger partial charge in [0.15, 0.2) is 0 Å². The smallest absolute Gasteiger partial charge is 0.307 e. The summed E-state index contributed by atoms with van der Waals surface area (Å²) in [6, 6.07) is 5.21. The molecule has 4 nitrogen and oxygen atoms in total. The van der Waals surface area contributed by atoms with Gasteiger partial charge < -0.3 is 9.64 Å². The van der Waals surface area contributed by atoms with Crippen LogP contribution in [0.15, 0.2) is 18.2 Å². The average molecular weight is 422 g/mol. The van der Waals surface area contributed by atoms with E-state index in [0.717, 1.165) is 22.8 Å². The molecule has 1 unspecified atom stereocenters. The second-order valence-corrected chi connectivity index (χ2v) is 6.63. The summed E-state index contributed by atoms with van der Waals surface area (Å²) >= 11 is 8.21. The van der Waals surface area contributed by atoms with Gasteiger partial charge in [0.25, 0.3) is 5.91 Å². The van der Waals surface area contributed by atoms with E-state index in [1.54, 1.807) is 17.0 Å². The zero-order valence-electron chi connectivity index (χ0n) is 11.8. The molecule has 21 heavy (non-hydrogen) atoms. The quantitative estimate of drug-likeness (QED) is 0.554. The molecule has 1 aliphatic heterocycles. The van der Waals surface area contributed by atoms with Gasteiger partial charge in [0.2, 0.25) is 0 Å². The number of esters is 1. The summed E-state index contributed by atoms with van der Waals surface area (Å²) in [4.78, 5) is 25.9. The lowest BCUT2D eigenvalue weighted by molar-refractivity contribution is -0.142. The van der Waals surface area contributed by atoms with Crippen LogP contribution in [0.4, 0.5) is 0 Å². The molecule has 1 atom stereocenters. The number of nitrogens with zero attached hydrogens (tertiary/aromatic N) is 1. The molecular formula is C15H17ClINO3. The molecule has 6 heteroatoms. The Morgan fingerprint density at radius 1 is 1.43 bits per heavy atom. The summed E-state index contributed by atoms with van der Waals surface area (Å²) in [5.41, 5.74) is 0.567. The molecule has 0 aliphatic carbocycles. The molecule has 1 saturated heterocycles. The maximum absolute atomic E-state index is 12.7. The van der Waals surface area contributed by atoms with E-state index in [4.69, 9.17) is 16.3 Å². The minimum atomic E-state index is -0.277. The minimum Gasteiger partial charge on any atom is -0.469 e. The maximum atomic E-state index is 12.7. The highest BCUT2D eigenvalue weighted by molar-refractivity contribution is 14.1. The van der Waals surface area contributed by atoms with E-state index in [9.17, 15) is 9.59 Å². The molecule has 1 aliphatic rings. The minimum absolute atomic E-state index is 0.0677. The molecule has 1 fully saturated rings. The maximum Gasteiger partial charge on any atom is 0.307 e. The van der Waals surface area contributed by atoms with Crippen LogP contribution in [-0.2, 0) is 9.53 Å². The Bertz CT molecular complexity index is 550. The predicted octanol–water partition coefficient (Wildman–Crippen LogP) is 3.50. The normalized spacial score (nSPS) is 18.4. The lowest BCUT2D eigenvalue weighted by Crippen LogP contribution is -2.44. The molecule has 114 valence electrons. The van der Waals surface area contributed by atoms with Crippen molar-refractivity contribution in [3.8, 4) is 0 Å². The molecule has 0 N–H and O–H groups in total. The summed E-state index contributed by atoms with van der Waals surface area (Å²) in [6.07, 6.45) is 3.07. The standard InChI is InChI=1S/C15H17ClINO3/c1-21-14(19)9-11-4-2-3-7-18(11)15(20)10-5-6-13(17)12(16)8-10/h5-6,8,11H,2-4,7,9H2,1H3. The van der Waals surface area contributed by atoms with Gasteiger partial charge in [-0.1, -0.05) is 11.6 Å². The van der Waals surface area contributed by atoms with Crippen molar-refractivity contribution in [2.75, 3.05) is 13.7 Å². The number of amides is 1. The first kappa shape index (κ1) is 16.5. The molecule has 1 aromatic rings. The van der Waals surface area contributed by atoms with Crippen molar-refractivity contribution in [1.82, 2.24) is 4.90 Å². The van der Waals surface area contributed by atoms with E-state index < -0.39 is 0 Å². The third kappa shape index (κ3) is 4.10. The van der Waals surface area contributed by atoms with Crippen molar-refractivity contribution >= 4 is 46.1 Å². The number of piperidine rings is 1. The average Bonchev–Trinajstić information content (AvgIpc) is 2.49. The second kappa shape index (κ2) is 7.45. The molecule has 1 heterocycles. The van der Waals surface area contributed by atoms with Crippen LogP contribution in [0.3, 0.4) is 0 Å². The summed E-state index contributed by atoms with van der Waals surface area (Å²) in [7, 11) is 1.37. The first-order chi connectivity index (χ1) is 10.0. The summed E-state index contributed by atoms with van der Waals surface area (Å²) in [5.74, 6) is -0.345. The van der Waals surface area contributed by atoms with E-state index in [2.05, 4.69) is 22.6 Å². The van der Waals surface area contributed by atoms with Crippen LogP contribution in [0.1, 0.15) is 36.0 Å². The fourth-order valence-electron chi connectivity index (χ4n) is 2.55. The molecule has 0 bridgehead atoms. The Kier molecular flexibility index (Phi) is 5.87. The van der Waals surface area contributed by atoms with Gasteiger partial charge in [-0.15, -0.1) is 0 Å². The molecule has 0 saturated carbocycles. The summed E-state index contributed by atoms with van der Waals surface area (Å²) in [5, 5.41) is 0.572. The van der Waals surface area contributed by atoms with Crippen LogP contribution >= 0.6 is 34.2 Å². The number of benzene rings is 1. The van der Waals surface area contributed by atoms with Gasteiger partial charge in [0.1, 0.15) is 0 Å². The van der Waals surface area contributed by atoms with Crippen molar-refractivity contribution < 1.29 is 14.3 Å². The van der Waals surface area contributed by atoms with Crippen LogP contribution in [0.5, 0.6) is 0 Å². The van der Waals surface area contributed by atoms with E-state index in [-0.39, 0.29) is 24.3 Å².